The zero-order valence-corrected chi connectivity index (χ0v) is 80.2. The van der Waals surface area contributed by atoms with Crippen LogP contribution in [0.3, 0.4) is 0 Å². The van der Waals surface area contributed by atoms with Crippen LogP contribution in [0, 0.1) is 33.8 Å². The number of hydrogen-bond donors (Lipinski definition) is 12. The minimum atomic E-state index is -4.90. The predicted molar refractivity (Wildman–Crippen MR) is 491 cm³/mol. The van der Waals surface area contributed by atoms with E-state index in [1.807, 2.05) is 20.8 Å². The van der Waals surface area contributed by atoms with Crippen LogP contribution in [0.25, 0.3) is 10.4 Å². The summed E-state index contributed by atoms with van der Waals surface area (Å²) in [6.07, 6.45) is 5.01. The topological polar surface area (TPSA) is 617 Å². The number of anilines is 1. The fourth-order valence-electron chi connectivity index (χ4n) is 13.1. The van der Waals surface area contributed by atoms with Gasteiger partial charge in [0.2, 0.25) is 41.4 Å². The predicted octanol–water partition coefficient (Wildman–Crippen LogP) is 10.5. The van der Waals surface area contributed by atoms with Crippen LogP contribution in [0.1, 0.15) is 203 Å². The van der Waals surface area contributed by atoms with E-state index < -0.39 is 165 Å². The molecule has 4 rings (SSSR count). The number of phosphoric acid groups is 2. The van der Waals surface area contributed by atoms with Crippen LogP contribution in [0.4, 0.5) is 25.8 Å². The van der Waals surface area contributed by atoms with Gasteiger partial charge in [0.05, 0.1) is 24.7 Å². The van der Waals surface area contributed by atoms with Gasteiger partial charge in [-0.1, -0.05) is 140 Å². The van der Waals surface area contributed by atoms with Crippen molar-refractivity contribution < 1.29 is 123 Å². The number of ether oxygens (including phenoxy) is 5. The number of nitro groups is 1. The number of hydrogen-bond acceptors (Lipinski definition) is 27. The van der Waals surface area contributed by atoms with Crippen LogP contribution in [-0.4, -0.2) is 217 Å². The lowest BCUT2D eigenvalue weighted by Gasteiger charge is -2.33. The van der Waals surface area contributed by atoms with Gasteiger partial charge < -0.3 is 97.3 Å². The molecule has 1 heterocycles. The van der Waals surface area contributed by atoms with Gasteiger partial charge in [-0.05, 0) is 170 Å². The maximum Gasteiger partial charge on any atom is 0.514 e. The van der Waals surface area contributed by atoms with E-state index in [-0.39, 0.29) is 99.8 Å². The average molecular weight is 1910 g/mol. The molecule has 0 aromatic heterocycles. The third-order valence-corrected chi connectivity index (χ3v) is 23.8. The number of urea groups is 1. The molecule has 133 heavy (non-hydrogen) atoms. The Morgan fingerprint density at radius 2 is 1.36 bits per heavy atom. The molecular weight excluding hydrogens is 1780 g/mol. The maximum absolute atomic E-state index is 14.3. The zero-order chi connectivity index (χ0) is 99.5. The molecule has 14 N–H and O–H groups in total. The zero-order valence-electron chi connectivity index (χ0n) is 78.4. The third-order valence-electron chi connectivity index (χ3n) is 21.1. The van der Waals surface area contributed by atoms with Crippen LogP contribution in [-0.2, 0) is 102 Å². The normalized spacial score (nSPS) is 20.2. The first-order valence-electron chi connectivity index (χ1n) is 44.5. The molecular formula is C88H136N16O27P2. The number of non-ortho nitro benzene ring substituents is 1. The molecule has 0 bridgehead atoms. The number of benzene rings is 3. The number of carbonyl (C=O) groups is 13. The Kier molecular flexibility index (Phi) is 53.4. The number of carbonyl (C=O) groups excluding carboxylic acids is 13. The first-order valence-corrected chi connectivity index (χ1v) is 47.5. The Labute approximate surface area is 776 Å². The van der Waals surface area contributed by atoms with Crippen molar-refractivity contribution in [2.75, 3.05) is 65.3 Å². The number of rotatable bonds is 45. The third kappa shape index (κ3) is 45.7. The molecule has 43 nitrogen and oxygen atoms in total. The molecule has 0 spiro atoms. The number of nitrogens with two attached hydrogens (primary N) is 2. The number of primary amides is 1. The second kappa shape index (κ2) is 61.4. The Balaban J connectivity index is 0.000000786. The largest absolute Gasteiger partial charge is 0.514 e. The summed E-state index contributed by atoms with van der Waals surface area (Å²) in [6.45, 7) is 20.2. The summed E-state index contributed by atoms with van der Waals surface area (Å²) in [6, 6.07) is 12.6. The van der Waals surface area contributed by atoms with Crippen molar-refractivity contribution >= 4 is 104 Å². The number of esters is 2. The molecule has 3 unspecified atom stereocenters. The summed E-state index contributed by atoms with van der Waals surface area (Å²) in [7, 11) is -6.95. The first-order chi connectivity index (χ1) is 62.9. The number of unbranched alkanes of at least 4 members (excludes halogenated alkanes) is 8. The van der Waals surface area contributed by atoms with E-state index in [9.17, 15) is 91.4 Å². The lowest BCUT2D eigenvalue weighted by molar-refractivity contribution is -0.384. The van der Waals surface area contributed by atoms with E-state index in [4.69, 9.17) is 49.7 Å². The Morgan fingerprint density at radius 1 is 0.752 bits per heavy atom. The lowest BCUT2D eigenvalue weighted by atomic mass is 9.90. The van der Waals surface area contributed by atoms with Gasteiger partial charge >= 0.3 is 45.9 Å². The molecule has 13 atom stereocenters. The van der Waals surface area contributed by atoms with E-state index in [0.29, 0.717) is 119 Å². The number of nitrogens with one attached hydrogen (secondary N) is 8. The number of cyclic esters (lactones) is 2. The molecule has 11 amide bonds. The van der Waals surface area contributed by atoms with Crippen molar-refractivity contribution in [2.45, 2.75) is 260 Å². The van der Waals surface area contributed by atoms with Gasteiger partial charge in [-0.25, -0.2) is 33.1 Å². The van der Waals surface area contributed by atoms with Gasteiger partial charge in [-0.15, -0.1) is 0 Å². The van der Waals surface area contributed by atoms with E-state index in [1.165, 1.54) is 70.1 Å². The minimum Gasteiger partial charge on any atom is -0.456 e. The number of nitrogens with zero attached hydrogens (tertiary/aromatic N) is 6. The molecule has 0 radical (unpaired) electrons. The fourth-order valence-corrected chi connectivity index (χ4v) is 15.3. The Hall–Kier alpha value is -11.4. The molecule has 1 aliphatic heterocycles. The summed E-state index contributed by atoms with van der Waals surface area (Å²) >= 11 is 0. The van der Waals surface area contributed by atoms with Crippen molar-refractivity contribution in [2.24, 2.45) is 40.3 Å². The summed E-state index contributed by atoms with van der Waals surface area (Å²) in [4.78, 5) is 209. The number of azide groups is 1. The van der Waals surface area contributed by atoms with Crippen molar-refractivity contribution in [1.82, 2.24) is 47.0 Å². The van der Waals surface area contributed by atoms with Crippen LogP contribution in [0.15, 0.2) is 107 Å². The molecule has 1 aliphatic rings. The van der Waals surface area contributed by atoms with Gasteiger partial charge in [0.25, 0.3) is 11.6 Å². The highest BCUT2D eigenvalue weighted by atomic mass is 31.3. The molecule has 3 aromatic rings. The van der Waals surface area contributed by atoms with Gasteiger partial charge in [-0.2, -0.15) is 4.31 Å². The first kappa shape index (κ1) is 116. The molecule has 0 saturated carbocycles. The van der Waals surface area contributed by atoms with E-state index >= 15 is 0 Å². The molecule has 3 aromatic carbocycles. The summed E-state index contributed by atoms with van der Waals surface area (Å²) < 4.78 is 66.3. The highest BCUT2D eigenvalue weighted by molar-refractivity contribution is 7.61. The van der Waals surface area contributed by atoms with Crippen molar-refractivity contribution in [3.8, 4) is 5.75 Å². The average Bonchev–Trinajstić information content (AvgIpc) is 0.822. The van der Waals surface area contributed by atoms with Gasteiger partial charge in [0, 0.05) is 87.2 Å². The Bertz CT molecular complexity index is 4490. The van der Waals surface area contributed by atoms with E-state index in [0.717, 1.165) is 4.90 Å². The quantitative estimate of drug-likeness (QED) is 0.00214. The SMILES string of the molecule is C/C=C(\C)[C@H]1OC(=O)[C@@H](C)NC(=O)[C@H](C(C)CC)NC(=O)CN(C)C(=O)[C@@H](Cc2ccccc2)N(C)C(=O)[C@H](C)NC(=O)[C@@H](CC(C)C)OC(=O)/C(C)=C/C[C@H](OC(=O)NCCCCCCCOP(=O)(O)OP(=O)(O)OCCCCCN)[C@@H]1C.CC(C)[C@H](NC(=O)CCCCCN=[N+]=[N-])C(=O)N[C@@H](CCCNC(N)=O)C(=O)Nc1ccc(COC(=O)Oc2ccc([N+](=O)[O-])cc2)cc1. The van der Waals surface area contributed by atoms with Crippen LogP contribution >= 0.6 is 15.6 Å². The fraction of sp³-hybridized carbons (Fsp3) is 0.602. The summed E-state index contributed by atoms with van der Waals surface area (Å²) in [5, 5.41) is 35.6. The number of phosphoric ester groups is 2. The summed E-state index contributed by atoms with van der Waals surface area (Å²) in [5.74, 6) is -8.23. The number of amides is 11. The number of likely N-dealkylation sites (N-methyl/N-ethyl adjacent to an activating group) is 2. The molecule has 0 aliphatic carbocycles. The summed E-state index contributed by atoms with van der Waals surface area (Å²) in [5.41, 5.74) is 21.0. The number of nitro benzene ring substituents is 1. The van der Waals surface area contributed by atoms with Gasteiger partial charge in [0.15, 0.2) is 6.10 Å². The van der Waals surface area contributed by atoms with Crippen molar-refractivity contribution in [3.63, 3.8) is 0 Å². The molecule has 0 saturated heterocycles. The standard InChI is InChI=1S/C57H95N7O18P2.C31H41N9O9/c1-13-38(5)49-52(67)61-43(10)56(71)81-50(39(6)14-2)41(8)46(80-57(72)59-31-23-16-15-17-24-32-77-83(73,74)82-84(75,76)78-33-25-19-22-30-58)29-28-40(7)55(70)79-47(34-37(3)4)51(66)60-42(9)53(68)64(12)45(35-44-26-20-18-21-27-44)54(69)63(11)36-48(65)62-49;1-20(2)27(38-26(41)8-4-3-5-18-35-39-33)29(43)37-25(7-6-17-34-30(32)44)28(42)36-22-11-9-21(10-12-22)19-48-31(45)49-24-15-13-23(14-16-24)40(46)47/h14,18,20-21,26-28,37-38,41-43,45-47,49-50H,13,15-17,19,22-25,29-36,58H2,1-12H3,(H,59,72)(H,60,66)(H,61,67)(H,62,65)(H,73,74)(H,75,76);9-16,20,25,27H,3-8,17-19H2,1-2H3,(H,36,42)(H,37,43)(H,38,41)(H3,32,34,44)/b39-14+,40-28+;/t38?,41-,42-,43+,45+,46-,47+,49-,50+;25-,27-/m00/s1. The lowest BCUT2D eigenvalue weighted by Crippen LogP contribution is -2.57. The second-order valence-electron chi connectivity index (χ2n) is 32.9. The van der Waals surface area contributed by atoms with Crippen molar-refractivity contribution in [3.05, 3.63) is 134 Å². The monoisotopic (exact) mass is 1910 g/mol. The van der Waals surface area contributed by atoms with Crippen LogP contribution < -0.4 is 58.7 Å². The van der Waals surface area contributed by atoms with Crippen molar-refractivity contribution in [1.29, 1.82) is 0 Å². The van der Waals surface area contributed by atoms with E-state index in [2.05, 4.69) is 56.9 Å². The molecule has 0 fully saturated rings. The smallest absolute Gasteiger partial charge is 0.456 e. The minimum absolute atomic E-state index is 0.0388. The van der Waals surface area contributed by atoms with E-state index in [1.54, 1.807) is 102 Å². The van der Waals surface area contributed by atoms with Crippen LogP contribution in [0.2, 0.25) is 0 Å². The van der Waals surface area contributed by atoms with Gasteiger partial charge in [0.1, 0.15) is 60.8 Å². The highest BCUT2D eigenvalue weighted by Crippen LogP contribution is 2.60. The number of alkyl carbamates (subject to hydrolysis) is 1. The maximum atomic E-state index is 14.3. The van der Waals surface area contributed by atoms with Crippen LogP contribution in [0.5, 0.6) is 5.75 Å². The number of allylic oxidation sites excluding steroid dienone is 1. The molecule has 740 valence electrons. The second-order valence-corrected chi connectivity index (χ2v) is 36.0. The molecule has 45 heteroatoms. The highest BCUT2D eigenvalue weighted by Gasteiger charge is 2.40. The Morgan fingerprint density at radius 3 is 1.95 bits per heavy atom. The van der Waals surface area contributed by atoms with Gasteiger partial charge in [-0.3, -0.25) is 57.5 Å².